The average Bonchev–Trinajstić information content (AvgIpc) is 2.67. The Labute approximate surface area is 186 Å². The third-order valence-corrected chi connectivity index (χ3v) is 5.43. The summed E-state index contributed by atoms with van der Waals surface area (Å²) in [6, 6.07) is 11.1. The van der Waals surface area contributed by atoms with Crippen molar-refractivity contribution in [1.29, 1.82) is 0 Å². The van der Waals surface area contributed by atoms with Crippen molar-refractivity contribution in [1.82, 2.24) is 5.43 Å². The van der Waals surface area contributed by atoms with E-state index >= 15 is 0 Å². The minimum Gasteiger partial charge on any atom is -0.360 e. The molecule has 0 bridgehead atoms. The maximum absolute atomic E-state index is 12.8. The van der Waals surface area contributed by atoms with Crippen LogP contribution in [0.4, 0.5) is 18.9 Å². The molecular formula is C25H28F3N3O. The van der Waals surface area contributed by atoms with Gasteiger partial charge < -0.3 is 4.90 Å². The monoisotopic (exact) mass is 443 g/mol. The van der Waals surface area contributed by atoms with E-state index in [2.05, 4.69) is 62.2 Å². The van der Waals surface area contributed by atoms with Crippen molar-refractivity contribution in [3.8, 4) is 0 Å². The molecule has 2 aromatic carbocycles. The number of halogens is 3. The molecule has 3 rings (SSSR count). The first-order chi connectivity index (χ1) is 14.9. The average molecular weight is 444 g/mol. The quantitative estimate of drug-likeness (QED) is 0.468. The zero-order chi connectivity index (χ0) is 23.7. The minimum atomic E-state index is -4.44. The Kier molecular flexibility index (Phi) is 6.49. The molecule has 0 saturated heterocycles. The lowest BCUT2D eigenvalue weighted by molar-refractivity contribution is -0.137. The van der Waals surface area contributed by atoms with Crippen molar-refractivity contribution in [2.45, 2.75) is 58.8 Å². The minimum absolute atomic E-state index is 0.0990. The van der Waals surface area contributed by atoms with Gasteiger partial charge >= 0.3 is 6.18 Å². The number of hydrogen-bond donors (Lipinski definition) is 1. The van der Waals surface area contributed by atoms with Gasteiger partial charge in [0.25, 0.3) is 0 Å². The summed E-state index contributed by atoms with van der Waals surface area (Å²) in [5, 5.41) is 3.99. The number of amides is 1. The molecule has 1 aliphatic rings. The number of benzene rings is 2. The summed E-state index contributed by atoms with van der Waals surface area (Å²) in [5.74, 6) is -0.484. The van der Waals surface area contributed by atoms with Gasteiger partial charge in [0.2, 0.25) is 5.91 Å². The van der Waals surface area contributed by atoms with Crippen molar-refractivity contribution < 1.29 is 18.0 Å². The van der Waals surface area contributed by atoms with Gasteiger partial charge in [-0.05, 0) is 69.5 Å². The predicted octanol–water partition coefficient (Wildman–Crippen LogP) is 5.81. The Hall–Kier alpha value is -3.09. The Balaban J connectivity index is 1.71. The number of hydrazone groups is 1. The topological polar surface area (TPSA) is 44.7 Å². The first-order valence-corrected chi connectivity index (χ1v) is 10.5. The van der Waals surface area contributed by atoms with Crippen LogP contribution < -0.4 is 10.3 Å². The first kappa shape index (κ1) is 23.6. The highest BCUT2D eigenvalue weighted by Crippen LogP contribution is 2.40. The van der Waals surface area contributed by atoms with Gasteiger partial charge in [0.15, 0.2) is 0 Å². The number of nitrogens with one attached hydrogen (secondary N) is 1. The fraction of sp³-hybridized carbons (Fsp3) is 0.360. The number of carbonyl (C=O) groups is 1. The zero-order valence-electron chi connectivity index (χ0n) is 18.9. The van der Waals surface area contributed by atoms with Gasteiger partial charge in [-0.3, -0.25) is 4.79 Å². The molecule has 1 aliphatic heterocycles. The van der Waals surface area contributed by atoms with Crippen LogP contribution in [-0.4, -0.2) is 23.7 Å². The second kappa shape index (κ2) is 8.81. The number of allylic oxidation sites excluding steroid dienone is 1. The van der Waals surface area contributed by atoms with Gasteiger partial charge in [-0.2, -0.15) is 18.3 Å². The van der Waals surface area contributed by atoms with Gasteiger partial charge in [0.1, 0.15) is 0 Å². The molecule has 1 heterocycles. The number of nitrogens with zero attached hydrogens (tertiary/aromatic N) is 2. The number of rotatable bonds is 5. The van der Waals surface area contributed by atoms with E-state index < -0.39 is 17.6 Å². The molecule has 0 unspecified atom stereocenters. The lowest BCUT2D eigenvalue weighted by atomic mass is 9.87. The van der Waals surface area contributed by atoms with Crippen LogP contribution in [0.15, 0.2) is 53.6 Å². The third-order valence-electron chi connectivity index (χ3n) is 5.43. The normalized spacial score (nSPS) is 15.7. The zero-order valence-corrected chi connectivity index (χ0v) is 18.9. The molecular weight excluding hydrogens is 415 g/mol. The molecule has 4 nitrogen and oxygen atoms in total. The molecule has 0 saturated carbocycles. The maximum Gasteiger partial charge on any atom is 0.416 e. The van der Waals surface area contributed by atoms with E-state index in [1.54, 1.807) is 0 Å². The fourth-order valence-corrected chi connectivity index (χ4v) is 4.35. The molecule has 0 fully saturated rings. The smallest absolute Gasteiger partial charge is 0.360 e. The number of alkyl halides is 3. The number of anilines is 1. The molecule has 32 heavy (non-hydrogen) atoms. The van der Waals surface area contributed by atoms with Crippen LogP contribution in [0.5, 0.6) is 0 Å². The summed E-state index contributed by atoms with van der Waals surface area (Å²) in [6.07, 6.45) is -0.847. The van der Waals surface area contributed by atoms with E-state index in [4.69, 9.17) is 0 Å². The molecule has 7 heteroatoms. The lowest BCUT2D eigenvalue weighted by Crippen LogP contribution is -2.49. The molecule has 2 aromatic rings. The van der Waals surface area contributed by atoms with E-state index in [9.17, 15) is 18.0 Å². The highest BCUT2D eigenvalue weighted by atomic mass is 19.4. The van der Waals surface area contributed by atoms with E-state index in [1.807, 2.05) is 12.1 Å². The van der Waals surface area contributed by atoms with Gasteiger partial charge in [0.05, 0.1) is 23.7 Å². The van der Waals surface area contributed by atoms with Crippen LogP contribution in [-0.2, 0) is 17.4 Å². The molecule has 0 radical (unpaired) electrons. The summed E-state index contributed by atoms with van der Waals surface area (Å²) >= 11 is 0. The van der Waals surface area contributed by atoms with Gasteiger partial charge in [-0.1, -0.05) is 30.3 Å². The van der Waals surface area contributed by atoms with Crippen molar-refractivity contribution in [3.05, 3.63) is 70.8 Å². The Morgan fingerprint density at radius 3 is 2.56 bits per heavy atom. The largest absolute Gasteiger partial charge is 0.416 e. The van der Waals surface area contributed by atoms with Crippen LogP contribution in [0.25, 0.3) is 5.57 Å². The fourth-order valence-electron chi connectivity index (χ4n) is 4.35. The third kappa shape index (κ3) is 5.21. The van der Waals surface area contributed by atoms with Crippen LogP contribution in [0.1, 0.15) is 56.9 Å². The van der Waals surface area contributed by atoms with Gasteiger partial charge in [0, 0.05) is 17.3 Å². The number of hydrogen-bond acceptors (Lipinski definition) is 3. The van der Waals surface area contributed by atoms with Crippen LogP contribution >= 0.6 is 0 Å². The molecule has 1 amide bonds. The van der Waals surface area contributed by atoms with E-state index in [-0.39, 0.29) is 17.5 Å². The summed E-state index contributed by atoms with van der Waals surface area (Å²) in [6.45, 7) is 10.8. The summed E-state index contributed by atoms with van der Waals surface area (Å²) in [5.41, 5.74) is 6.04. The van der Waals surface area contributed by atoms with E-state index in [0.29, 0.717) is 6.04 Å². The standard InChI is InChI=1S/C25H28F3N3O/c1-16(2)31-22-10-9-19(12-21(22)17(3)14-24(31,4)5)15-29-30-23(32)13-18-7-6-8-20(11-18)25(26,27)28/h6-12,14-16H,13H2,1-5H3,(H,30,32)/b29-15+. The highest BCUT2D eigenvalue weighted by molar-refractivity contribution is 5.88. The van der Waals surface area contributed by atoms with Crippen LogP contribution in [0.3, 0.4) is 0 Å². The molecule has 170 valence electrons. The maximum atomic E-state index is 12.8. The molecule has 0 aromatic heterocycles. The lowest BCUT2D eigenvalue weighted by Gasteiger charge is -2.46. The second-order valence-corrected chi connectivity index (χ2v) is 8.89. The van der Waals surface area contributed by atoms with Crippen molar-refractivity contribution in [2.75, 3.05) is 4.90 Å². The van der Waals surface area contributed by atoms with Crippen molar-refractivity contribution >= 4 is 23.4 Å². The molecule has 0 aliphatic carbocycles. The van der Waals surface area contributed by atoms with E-state index in [0.717, 1.165) is 28.9 Å². The van der Waals surface area contributed by atoms with Gasteiger partial charge in [-0.15, -0.1) is 0 Å². The highest BCUT2D eigenvalue weighted by Gasteiger charge is 2.33. The Morgan fingerprint density at radius 1 is 1.19 bits per heavy atom. The van der Waals surface area contributed by atoms with E-state index in [1.165, 1.54) is 23.9 Å². The molecule has 1 N–H and O–H groups in total. The van der Waals surface area contributed by atoms with Crippen LogP contribution in [0, 0.1) is 0 Å². The van der Waals surface area contributed by atoms with Crippen molar-refractivity contribution in [2.24, 2.45) is 5.10 Å². The van der Waals surface area contributed by atoms with Crippen LogP contribution in [0.2, 0.25) is 0 Å². The molecule has 0 spiro atoms. The summed E-state index contributed by atoms with van der Waals surface area (Å²) in [7, 11) is 0. The first-order valence-electron chi connectivity index (χ1n) is 10.5. The number of fused-ring (bicyclic) bond motifs is 1. The van der Waals surface area contributed by atoms with Crippen molar-refractivity contribution in [3.63, 3.8) is 0 Å². The SMILES string of the molecule is CC1=CC(C)(C)N(C(C)C)c2ccc(/C=N/NC(=O)Cc3cccc(C(F)(F)F)c3)cc21. The number of carbonyl (C=O) groups excluding carboxylic acids is 1. The summed E-state index contributed by atoms with van der Waals surface area (Å²) in [4.78, 5) is 14.5. The summed E-state index contributed by atoms with van der Waals surface area (Å²) < 4.78 is 38.5. The molecule has 0 atom stereocenters. The Morgan fingerprint density at radius 2 is 1.91 bits per heavy atom. The van der Waals surface area contributed by atoms with Gasteiger partial charge in [-0.25, -0.2) is 5.43 Å². The Bertz CT molecular complexity index is 1070. The second-order valence-electron chi connectivity index (χ2n) is 8.89. The predicted molar refractivity (Wildman–Crippen MR) is 123 cm³/mol.